The summed E-state index contributed by atoms with van der Waals surface area (Å²) < 4.78 is 19.9. The number of hydrogen-bond acceptors (Lipinski definition) is 4. The zero-order valence-corrected chi connectivity index (χ0v) is 31.7. The van der Waals surface area contributed by atoms with Crippen LogP contribution in [0.4, 0.5) is 17.1 Å². The van der Waals surface area contributed by atoms with Gasteiger partial charge in [-0.1, -0.05) is 127 Å². The highest BCUT2D eigenvalue weighted by Gasteiger charge is 2.51. The second kappa shape index (κ2) is 12.1. The molecule has 11 aromatic rings. The van der Waals surface area contributed by atoms with Crippen LogP contribution >= 0.6 is 0 Å². The van der Waals surface area contributed by atoms with Crippen LogP contribution in [0.1, 0.15) is 22.3 Å². The van der Waals surface area contributed by atoms with Gasteiger partial charge in [0.15, 0.2) is 0 Å². The van der Waals surface area contributed by atoms with Crippen molar-refractivity contribution in [2.75, 3.05) is 4.90 Å². The first kappa shape index (κ1) is 32.3. The fourth-order valence-corrected chi connectivity index (χ4v) is 10.1. The SMILES string of the molecule is c1ccc(N(c2ccc3c(c2)oc2ccccc23)c2ccccc2-c2cccc3oc4cc5c(cc4c23)C2(c3ccccc3Oc3ccccc32)c2ccccc2-5)cc1. The Kier molecular flexibility index (Phi) is 6.62. The average molecular weight is 756 g/mol. The Bertz CT molecular complexity index is 3460. The van der Waals surface area contributed by atoms with Gasteiger partial charge < -0.3 is 18.5 Å². The molecule has 0 atom stereocenters. The standard InChI is InChI=1S/C55H33NO3/c1-2-15-34(16-3-1)56(35-29-30-39-38-19-6-11-25-48(38)57-52(39)31-35)47-24-10-5-18-37(47)40-20-14-28-51-54(40)42-32-46-41(33-53(42)59-51)36-17-4-7-21-43(36)55(46)44-22-8-12-26-49(44)58-50-27-13-9-23-45(50)55/h1-33H. The summed E-state index contributed by atoms with van der Waals surface area (Å²) in [5.41, 5.74) is 15.3. The fourth-order valence-electron chi connectivity index (χ4n) is 10.1. The molecule has 9 aromatic carbocycles. The number of fused-ring (bicyclic) bond motifs is 15. The first-order valence-corrected chi connectivity index (χ1v) is 20.1. The third kappa shape index (κ3) is 4.43. The summed E-state index contributed by atoms with van der Waals surface area (Å²) in [6.07, 6.45) is 0. The quantitative estimate of drug-likeness (QED) is 0.179. The molecule has 4 heteroatoms. The maximum Gasteiger partial charge on any atom is 0.137 e. The van der Waals surface area contributed by atoms with Crippen LogP contribution in [0.15, 0.2) is 209 Å². The second-order valence-corrected chi connectivity index (χ2v) is 15.5. The van der Waals surface area contributed by atoms with Crippen molar-refractivity contribution >= 4 is 60.9 Å². The Morgan fingerprint density at radius 1 is 0.339 bits per heavy atom. The maximum absolute atomic E-state index is 6.87. The van der Waals surface area contributed by atoms with E-state index in [1.807, 2.05) is 12.1 Å². The molecule has 2 aromatic heterocycles. The van der Waals surface area contributed by atoms with Gasteiger partial charge in [0.05, 0.1) is 11.1 Å². The minimum Gasteiger partial charge on any atom is -0.457 e. The van der Waals surface area contributed by atoms with Crippen molar-refractivity contribution in [2.24, 2.45) is 0 Å². The van der Waals surface area contributed by atoms with Crippen molar-refractivity contribution in [1.82, 2.24) is 0 Å². The number of nitrogens with zero attached hydrogens (tertiary/aromatic N) is 1. The highest BCUT2D eigenvalue weighted by molar-refractivity contribution is 6.16. The summed E-state index contributed by atoms with van der Waals surface area (Å²) >= 11 is 0. The molecule has 0 saturated carbocycles. The lowest BCUT2D eigenvalue weighted by molar-refractivity contribution is 0.436. The Hall–Kier alpha value is -7.82. The summed E-state index contributed by atoms with van der Waals surface area (Å²) in [6.45, 7) is 0. The number of para-hydroxylation sites is 5. The van der Waals surface area contributed by atoms with Crippen LogP contribution in [0.5, 0.6) is 11.5 Å². The van der Waals surface area contributed by atoms with E-state index in [1.165, 1.54) is 22.3 Å². The van der Waals surface area contributed by atoms with Crippen LogP contribution in [-0.2, 0) is 5.41 Å². The summed E-state index contributed by atoms with van der Waals surface area (Å²) in [6, 6.07) is 71.1. The zero-order chi connectivity index (χ0) is 38.7. The largest absolute Gasteiger partial charge is 0.457 e. The molecule has 4 nitrogen and oxygen atoms in total. The number of hydrogen-bond donors (Lipinski definition) is 0. The number of anilines is 3. The molecule has 0 fully saturated rings. The number of rotatable bonds is 4. The fraction of sp³-hybridized carbons (Fsp3) is 0.0182. The van der Waals surface area contributed by atoms with E-state index < -0.39 is 5.41 Å². The lowest BCUT2D eigenvalue weighted by Crippen LogP contribution is -2.32. The Morgan fingerprint density at radius 2 is 0.949 bits per heavy atom. The Labute approximate surface area is 339 Å². The van der Waals surface area contributed by atoms with Crippen LogP contribution in [0.2, 0.25) is 0 Å². The van der Waals surface area contributed by atoms with E-state index in [0.29, 0.717) is 0 Å². The Balaban J connectivity index is 1.07. The van der Waals surface area contributed by atoms with Crippen molar-refractivity contribution in [1.29, 1.82) is 0 Å². The molecular weight excluding hydrogens is 723 g/mol. The van der Waals surface area contributed by atoms with Crippen molar-refractivity contribution in [3.63, 3.8) is 0 Å². The minimum atomic E-state index is -0.582. The third-order valence-electron chi connectivity index (χ3n) is 12.5. The van der Waals surface area contributed by atoms with Crippen LogP contribution < -0.4 is 9.64 Å². The molecule has 0 unspecified atom stereocenters. The van der Waals surface area contributed by atoms with Crippen LogP contribution in [0, 0.1) is 0 Å². The lowest BCUT2D eigenvalue weighted by Gasteiger charge is -2.39. The number of benzene rings is 9. The van der Waals surface area contributed by atoms with Crippen molar-refractivity contribution in [3.8, 4) is 33.8 Å². The molecule has 3 heterocycles. The van der Waals surface area contributed by atoms with Crippen molar-refractivity contribution in [2.45, 2.75) is 5.41 Å². The molecule has 1 aliphatic carbocycles. The number of ether oxygens (including phenoxy) is 1. The van der Waals surface area contributed by atoms with E-state index in [1.54, 1.807) is 0 Å². The smallest absolute Gasteiger partial charge is 0.137 e. The predicted octanol–water partition coefficient (Wildman–Crippen LogP) is 15.1. The minimum absolute atomic E-state index is 0.582. The van der Waals surface area contributed by atoms with Crippen molar-refractivity contribution < 1.29 is 13.6 Å². The summed E-state index contributed by atoms with van der Waals surface area (Å²) in [7, 11) is 0. The molecule has 59 heavy (non-hydrogen) atoms. The molecule has 13 rings (SSSR count). The van der Waals surface area contributed by atoms with E-state index in [-0.39, 0.29) is 0 Å². The summed E-state index contributed by atoms with van der Waals surface area (Å²) in [5, 5.41) is 4.37. The molecule has 0 N–H and O–H groups in total. The second-order valence-electron chi connectivity index (χ2n) is 15.5. The van der Waals surface area contributed by atoms with Gasteiger partial charge in [0, 0.05) is 55.7 Å². The molecule has 1 aliphatic heterocycles. The summed E-state index contributed by atoms with van der Waals surface area (Å²) in [4.78, 5) is 2.34. The lowest BCUT2D eigenvalue weighted by atomic mass is 9.66. The first-order chi connectivity index (χ1) is 29.3. The number of furan rings is 2. The average Bonchev–Trinajstić information content (AvgIpc) is 3.94. The predicted molar refractivity (Wildman–Crippen MR) is 238 cm³/mol. The summed E-state index contributed by atoms with van der Waals surface area (Å²) in [5.74, 6) is 1.75. The van der Waals surface area contributed by atoms with E-state index in [2.05, 4.69) is 193 Å². The molecular formula is C55H33NO3. The van der Waals surface area contributed by atoms with Gasteiger partial charge in [0.2, 0.25) is 0 Å². The molecule has 2 aliphatic rings. The van der Waals surface area contributed by atoms with Gasteiger partial charge >= 0.3 is 0 Å². The highest BCUT2D eigenvalue weighted by atomic mass is 16.5. The third-order valence-corrected chi connectivity index (χ3v) is 12.5. The van der Waals surface area contributed by atoms with Gasteiger partial charge in [0.25, 0.3) is 0 Å². The zero-order valence-electron chi connectivity index (χ0n) is 31.7. The monoisotopic (exact) mass is 755 g/mol. The van der Waals surface area contributed by atoms with Gasteiger partial charge in [-0.2, -0.15) is 0 Å². The van der Waals surface area contributed by atoms with Gasteiger partial charge in [-0.15, -0.1) is 0 Å². The van der Waals surface area contributed by atoms with Gasteiger partial charge in [-0.3, -0.25) is 0 Å². The van der Waals surface area contributed by atoms with E-state index in [0.717, 1.165) is 94.7 Å². The Morgan fingerprint density at radius 3 is 1.78 bits per heavy atom. The van der Waals surface area contributed by atoms with Gasteiger partial charge in [0.1, 0.15) is 33.8 Å². The normalized spacial score (nSPS) is 13.4. The molecule has 0 amide bonds. The van der Waals surface area contributed by atoms with Gasteiger partial charge in [-0.05, 0) is 94.5 Å². The van der Waals surface area contributed by atoms with Gasteiger partial charge in [-0.25, -0.2) is 0 Å². The first-order valence-electron chi connectivity index (χ1n) is 20.1. The topological polar surface area (TPSA) is 38.8 Å². The molecule has 1 spiro atoms. The molecule has 0 bridgehead atoms. The molecule has 0 saturated heterocycles. The van der Waals surface area contributed by atoms with Crippen LogP contribution in [0.3, 0.4) is 0 Å². The van der Waals surface area contributed by atoms with Crippen LogP contribution in [0.25, 0.3) is 66.1 Å². The van der Waals surface area contributed by atoms with E-state index in [9.17, 15) is 0 Å². The van der Waals surface area contributed by atoms with E-state index >= 15 is 0 Å². The van der Waals surface area contributed by atoms with E-state index in [4.69, 9.17) is 13.6 Å². The molecule has 276 valence electrons. The van der Waals surface area contributed by atoms with Crippen LogP contribution in [-0.4, -0.2) is 0 Å². The van der Waals surface area contributed by atoms with Crippen molar-refractivity contribution in [3.05, 3.63) is 222 Å². The highest BCUT2D eigenvalue weighted by Crippen LogP contribution is 2.63. The molecule has 0 radical (unpaired) electrons. The maximum atomic E-state index is 6.87.